The molecule has 0 bridgehead atoms. The summed E-state index contributed by atoms with van der Waals surface area (Å²) in [7, 11) is 0. The van der Waals surface area contributed by atoms with Crippen molar-refractivity contribution >= 4 is 11.9 Å². The van der Waals surface area contributed by atoms with Crippen molar-refractivity contribution < 1.29 is 14.3 Å². The van der Waals surface area contributed by atoms with Crippen LogP contribution in [-0.4, -0.2) is 18.5 Å². The Bertz CT molecular complexity index is 220. The molecule has 0 atom stereocenters. The maximum Gasteiger partial charge on any atom is 0.333 e. The standard InChI is InChI=1S/C8H11NO3/c1-4-9-7(10)5-12-8(11)6(2)3/h4H,1-2,5H2,3H3,(H,9,10). The lowest BCUT2D eigenvalue weighted by Crippen LogP contribution is -2.24. The van der Waals surface area contributed by atoms with Gasteiger partial charge < -0.3 is 10.1 Å². The summed E-state index contributed by atoms with van der Waals surface area (Å²) in [5.74, 6) is -0.992. The van der Waals surface area contributed by atoms with Crippen molar-refractivity contribution in [1.82, 2.24) is 5.32 Å². The molecule has 0 unspecified atom stereocenters. The molecule has 0 aromatic heterocycles. The molecule has 4 nitrogen and oxygen atoms in total. The van der Waals surface area contributed by atoms with Crippen LogP contribution in [0.3, 0.4) is 0 Å². The fourth-order valence-electron chi connectivity index (χ4n) is 0.410. The fourth-order valence-corrected chi connectivity index (χ4v) is 0.410. The second-order valence-electron chi connectivity index (χ2n) is 2.13. The third kappa shape index (κ3) is 4.27. The summed E-state index contributed by atoms with van der Waals surface area (Å²) in [6, 6.07) is 0. The van der Waals surface area contributed by atoms with Gasteiger partial charge in [0.2, 0.25) is 0 Å². The van der Waals surface area contributed by atoms with Gasteiger partial charge in [-0.3, -0.25) is 4.79 Å². The summed E-state index contributed by atoms with van der Waals surface area (Å²) in [6.45, 7) is 7.83. The zero-order valence-electron chi connectivity index (χ0n) is 6.92. The van der Waals surface area contributed by atoms with Crippen LogP contribution in [0.1, 0.15) is 6.92 Å². The molecule has 4 heteroatoms. The third-order valence-electron chi connectivity index (χ3n) is 0.946. The Balaban J connectivity index is 3.68. The minimum atomic E-state index is -0.575. The van der Waals surface area contributed by atoms with E-state index in [9.17, 15) is 9.59 Å². The Labute approximate surface area is 70.9 Å². The van der Waals surface area contributed by atoms with Crippen LogP contribution >= 0.6 is 0 Å². The fraction of sp³-hybridized carbons (Fsp3) is 0.250. The van der Waals surface area contributed by atoms with Gasteiger partial charge >= 0.3 is 5.97 Å². The number of carbonyl (C=O) groups is 2. The number of hydrogen-bond acceptors (Lipinski definition) is 3. The van der Waals surface area contributed by atoms with Gasteiger partial charge in [-0.25, -0.2) is 4.79 Å². The van der Waals surface area contributed by atoms with Crippen LogP contribution < -0.4 is 5.32 Å². The van der Waals surface area contributed by atoms with Gasteiger partial charge in [0.05, 0.1) is 0 Å². The smallest absolute Gasteiger partial charge is 0.333 e. The highest BCUT2D eigenvalue weighted by Crippen LogP contribution is 1.90. The van der Waals surface area contributed by atoms with Crippen LogP contribution in [0.4, 0.5) is 0 Å². The van der Waals surface area contributed by atoms with Crippen molar-refractivity contribution in [3.63, 3.8) is 0 Å². The van der Waals surface area contributed by atoms with Crippen LogP contribution in [0.2, 0.25) is 0 Å². The molecule has 0 aliphatic rings. The van der Waals surface area contributed by atoms with Gasteiger partial charge in [-0.2, -0.15) is 0 Å². The summed E-state index contributed by atoms with van der Waals surface area (Å²) >= 11 is 0. The lowest BCUT2D eigenvalue weighted by atomic mass is 10.4. The quantitative estimate of drug-likeness (QED) is 0.488. The minimum Gasteiger partial charge on any atom is -0.452 e. The maximum absolute atomic E-state index is 10.7. The predicted octanol–water partition coefficient (Wildman–Crippen LogP) is 0.365. The van der Waals surface area contributed by atoms with Gasteiger partial charge in [-0.15, -0.1) is 0 Å². The van der Waals surface area contributed by atoms with E-state index >= 15 is 0 Å². The molecular weight excluding hydrogens is 158 g/mol. The number of esters is 1. The SMILES string of the molecule is C=CNC(=O)COC(=O)C(=C)C. The highest BCUT2D eigenvalue weighted by atomic mass is 16.5. The normalized spacial score (nSPS) is 8.42. The number of rotatable bonds is 4. The number of hydrogen-bond donors (Lipinski definition) is 1. The Hall–Kier alpha value is -1.58. The highest BCUT2D eigenvalue weighted by molar-refractivity contribution is 5.89. The molecule has 1 amide bonds. The maximum atomic E-state index is 10.7. The topological polar surface area (TPSA) is 55.4 Å². The predicted molar refractivity (Wildman–Crippen MR) is 44.1 cm³/mol. The van der Waals surface area contributed by atoms with Crippen molar-refractivity contribution in [2.45, 2.75) is 6.92 Å². The number of nitrogens with one attached hydrogen (secondary N) is 1. The summed E-state index contributed by atoms with van der Waals surface area (Å²) in [6.07, 6.45) is 1.22. The second-order valence-corrected chi connectivity index (χ2v) is 2.13. The largest absolute Gasteiger partial charge is 0.452 e. The second kappa shape index (κ2) is 5.12. The molecule has 0 fully saturated rings. The van der Waals surface area contributed by atoms with Gasteiger partial charge in [-0.1, -0.05) is 13.2 Å². The van der Waals surface area contributed by atoms with E-state index in [1.54, 1.807) is 0 Å². The van der Waals surface area contributed by atoms with Gasteiger partial charge in [0, 0.05) is 5.57 Å². The first-order valence-electron chi connectivity index (χ1n) is 3.31. The number of amides is 1. The van der Waals surface area contributed by atoms with Crippen molar-refractivity contribution in [3.8, 4) is 0 Å². The molecule has 0 saturated carbocycles. The van der Waals surface area contributed by atoms with Crippen molar-refractivity contribution in [3.05, 3.63) is 24.9 Å². The van der Waals surface area contributed by atoms with Gasteiger partial charge in [0.25, 0.3) is 5.91 Å². The number of carbonyl (C=O) groups excluding carboxylic acids is 2. The first-order valence-corrected chi connectivity index (χ1v) is 3.31. The first kappa shape index (κ1) is 10.4. The molecule has 66 valence electrons. The van der Waals surface area contributed by atoms with E-state index in [2.05, 4.69) is 23.2 Å². The summed E-state index contributed by atoms with van der Waals surface area (Å²) in [4.78, 5) is 21.4. The van der Waals surface area contributed by atoms with E-state index in [4.69, 9.17) is 0 Å². The highest BCUT2D eigenvalue weighted by Gasteiger charge is 2.05. The van der Waals surface area contributed by atoms with Crippen molar-refractivity contribution in [1.29, 1.82) is 0 Å². The average Bonchev–Trinajstić information content (AvgIpc) is 2.00. The summed E-state index contributed by atoms with van der Waals surface area (Å²) in [5, 5.41) is 2.26. The van der Waals surface area contributed by atoms with Crippen LogP contribution in [0.15, 0.2) is 24.9 Å². The Morgan fingerprint density at radius 2 is 2.17 bits per heavy atom. The molecule has 1 N–H and O–H groups in total. The van der Waals surface area contributed by atoms with E-state index in [1.807, 2.05) is 0 Å². The van der Waals surface area contributed by atoms with Crippen molar-refractivity contribution in [2.24, 2.45) is 0 Å². The minimum absolute atomic E-state index is 0.265. The Morgan fingerprint density at radius 1 is 1.58 bits per heavy atom. The molecule has 0 heterocycles. The van der Waals surface area contributed by atoms with Crippen LogP contribution in [0, 0.1) is 0 Å². The Morgan fingerprint density at radius 3 is 2.58 bits per heavy atom. The van der Waals surface area contributed by atoms with Gasteiger partial charge in [0.1, 0.15) is 0 Å². The molecule has 12 heavy (non-hydrogen) atoms. The number of ether oxygens (including phenoxy) is 1. The monoisotopic (exact) mass is 169 g/mol. The summed E-state index contributed by atoms with van der Waals surface area (Å²) < 4.78 is 4.52. The molecule has 0 rings (SSSR count). The molecule has 0 aromatic carbocycles. The zero-order valence-corrected chi connectivity index (χ0v) is 6.92. The van der Waals surface area contributed by atoms with Gasteiger partial charge in [-0.05, 0) is 13.1 Å². The average molecular weight is 169 g/mol. The van der Waals surface area contributed by atoms with Crippen LogP contribution in [-0.2, 0) is 14.3 Å². The van der Waals surface area contributed by atoms with Gasteiger partial charge in [0.15, 0.2) is 6.61 Å². The molecular formula is C8H11NO3. The van der Waals surface area contributed by atoms with E-state index in [0.717, 1.165) is 0 Å². The lowest BCUT2D eigenvalue weighted by Gasteiger charge is -2.02. The molecule has 0 aromatic rings. The van der Waals surface area contributed by atoms with E-state index in [0.29, 0.717) is 0 Å². The van der Waals surface area contributed by atoms with Crippen LogP contribution in [0.5, 0.6) is 0 Å². The summed E-state index contributed by atoms with van der Waals surface area (Å²) in [5.41, 5.74) is 0.265. The first-order chi connectivity index (χ1) is 5.57. The molecule has 0 radical (unpaired) electrons. The van der Waals surface area contributed by atoms with Crippen LogP contribution in [0.25, 0.3) is 0 Å². The molecule has 0 saturated heterocycles. The Kier molecular flexibility index (Phi) is 4.45. The zero-order chi connectivity index (χ0) is 9.56. The van der Waals surface area contributed by atoms with E-state index < -0.39 is 11.9 Å². The molecule has 0 spiro atoms. The third-order valence-corrected chi connectivity index (χ3v) is 0.946. The molecule has 0 aliphatic heterocycles. The molecule has 0 aliphatic carbocycles. The van der Waals surface area contributed by atoms with E-state index in [-0.39, 0.29) is 12.2 Å². The van der Waals surface area contributed by atoms with E-state index in [1.165, 1.54) is 13.1 Å². The van der Waals surface area contributed by atoms with Crippen molar-refractivity contribution in [2.75, 3.05) is 6.61 Å². The lowest BCUT2D eigenvalue weighted by molar-refractivity contribution is -0.144.